The first-order valence-corrected chi connectivity index (χ1v) is 16.7. The van der Waals surface area contributed by atoms with Crippen LogP contribution in [-0.2, 0) is 24.4 Å². The van der Waals surface area contributed by atoms with Gasteiger partial charge in [0, 0.05) is 19.0 Å². The maximum Gasteiger partial charge on any atom is 0.243 e. The highest BCUT2D eigenvalue weighted by Gasteiger charge is 2.69. The zero-order valence-corrected chi connectivity index (χ0v) is 25.5. The number of benzene rings is 1. The van der Waals surface area contributed by atoms with Crippen LogP contribution in [0.1, 0.15) is 50.3 Å². The molecular formula is C28H37N5O6S2. The molecule has 1 aliphatic carbocycles. The molecule has 11 nitrogen and oxygen atoms in total. The predicted molar refractivity (Wildman–Crippen MR) is 154 cm³/mol. The number of aromatic nitrogens is 1. The lowest BCUT2D eigenvalue weighted by Gasteiger charge is -2.34. The fraction of sp³-hybridized carbons (Fsp3) is 0.607. The Morgan fingerprint density at radius 2 is 1.93 bits per heavy atom. The molecule has 0 bridgehead atoms. The van der Waals surface area contributed by atoms with E-state index in [1.165, 1.54) is 16.2 Å². The van der Waals surface area contributed by atoms with Gasteiger partial charge in [0.15, 0.2) is 5.01 Å². The van der Waals surface area contributed by atoms with Crippen molar-refractivity contribution < 1.29 is 27.6 Å². The molecule has 5 rings (SSSR count). The molecule has 1 aromatic carbocycles. The molecule has 13 heteroatoms. The van der Waals surface area contributed by atoms with E-state index >= 15 is 0 Å². The highest BCUT2D eigenvalue weighted by atomic mass is 32.2. The van der Waals surface area contributed by atoms with Crippen LogP contribution in [0.3, 0.4) is 0 Å². The first-order chi connectivity index (χ1) is 19.2. The molecule has 0 spiro atoms. The Kier molecular flexibility index (Phi) is 7.75. The van der Waals surface area contributed by atoms with Crippen molar-refractivity contribution >= 4 is 55.1 Å². The number of para-hydroxylation sites is 1. The summed E-state index contributed by atoms with van der Waals surface area (Å²) in [5.41, 5.74) is 0.492. The summed E-state index contributed by atoms with van der Waals surface area (Å²) < 4.78 is 27.3. The van der Waals surface area contributed by atoms with Crippen LogP contribution >= 0.6 is 11.3 Å². The van der Waals surface area contributed by atoms with Gasteiger partial charge in [0.1, 0.15) is 12.1 Å². The Morgan fingerprint density at radius 3 is 2.54 bits per heavy atom. The Morgan fingerprint density at radius 1 is 1.22 bits per heavy atom. The number of piperidine rings is 1. The number of thiazole rings is 1. The zero-order chi connectivity index (χ0) is 29.9. The average Bonchev–Trinajstić information content (AvgIpc) is 3.40. The van der Waals surface area contributed by atoms with Crippen LogP contribution in [0.4, 0.5) is 0 Å². The Bertz CT molecular complexity index is 1470. The van der Waals surface area contributed by atoms with Gasteiger partial charge in [-0.1, -0.05) is 39.8 Å². The monoisotopic (exact) mass is 603 g/mol. The van der Waals surface area contributed by atoms with Crippen molar-refractivity contribution in [2.45, 2.75) is 58.7 Å². The smallest absolute Gasteiger partial charge is 0.243 e. The maximum absolute atomic E-state index is 14.0. The van der Waals surface area contributed by atoms with E-state index < -0.39 is 45.9 Å². The minimum atomic E-state index is -3.68. The number of likely N-dealkylation sites (tertiary alicyclic amines) is 1. The van der Waals surface area contributed by atoms with E-state index in [1.54, 1.807) is 13.8 Å². The lowest BCUT2D eigenvalue weighted by molar-refractivity contribution is -0.142. The van der Waals surface area contributed by atoms with E-state index in [0.29, 0.717) is 25.0 Å². The Labute approximate surface area is 243 Å². The summed E-state index contributed by atoms with van der Waals surface area (Å²) >= 11 is 1.24. The number of sulfonamides is 1. The standard InChI is InChI=1S/C28H37N5O6S2/c1-14(2)21(32-41(5,38)39)27(37)33-13-16-20(28(16,3)4)22(33)25(36)30-18(12-15-10-11-29-24(15)35)23(34)26-31-17-8-6-7-9-19(17)40-26/h6-9,14-16,18,20-22,32H,10-13H2,1-5H3,(H,29,35)(H,30,36)/t15-,16?,18-,20-,21?,22-/m0/s1. The normalized spacial score (nSPS) is 26.5. The van der Waals surface area contributed by atoms with Crippen LogP contribution in [0.2, 0.25) is 0 Å². The number of amides is 3. The van der Waals surface area contributed by atoms with Crippen molar-refractivity contribution in [3.05, 3.63) is 29.3 Å². The summed E-state index contributed by atoms with van der Waals surface area (Å²) in [6.07, 6.45) is 1.67. The molecule has 1 aromatic heterocycles. The molecule has 0 radical (unpaired) electrons. The number of nitrogens with one attached hydrogen (secondary N) is 3. The largest absolute Gasteiger partial charge is 0.356 e. The number of hydrogen-bond acceptors (Lipinski definition) is 8. The van der Waals surface area contributed by atoms with Crippen LogP contribution < -0.4 is 15.4 Å². The van der Waals surface area contributed by atoms with Crippen molar-refractivity contribution in [2.24, 2.45) is 29.1 Å². The molecule has 2 aromatic rings. The number of carbonyl (C=O) groups is 4. The quantitative estimate of drug-likeness (QED) is 0.348. The number of Topliss-reactive ketones (excluding diaryl/α,β-unsaturated/α-hetero) is 1. The van der Waals surface area contributed by atoms with E-state index in [2.05, 4.69) is 20.3 Å². The maximum atomic E-state index is 14.0. The lowest BCUT2D eigenvalue weighted by atomic mass is 9.94. The Balaban J connectivity index is 1.43. The molecular weight excluding hydrogens is 566 g/mol. The van der Waals surface area contributed by atoms with Crippen molar-refractivity contribution in [1.82, 2.24) is 25.2 Å². The second-order valence-electron chi connectivity index (χ2n) is 12.4. The van der Waals surface area contributed by atoms with E-state index in [-0.39, 0.29) is 46.3 Å². The summed E-state index contributed by atoms with van der Waals surface area (Å²) in [7, 11) is -3.68. The SMILES string of the molecule is CC(C)C(NS(C)(=O)=O)C(=O)N1CC2[C@@H]([C@H]1C(=O)N[C@@H](C[C@@H]1CCNC1=O)C(=O)c1nc3ccccc3s1)C2(C)C. The molecule has 3 N–H and O–H groups in total. The topological polar surface area (TPSA) is 155 Å². The third kappa shape index (κ3) is 5.76. The molecule has 2 unspecified atom stereocenters. The molecule has 1 saturated carbocycles. The lowest BCUT2D eigenvalue weighted by Crippen LogP contribution is -2.58. The van der Waals surface area contributed by atoms with Gasteiger partial charge in [-0.3, -0.25) is 19.2 Å². The van der Waals surface area contributed by atoms with Crippen LogP contribution in [0.15, 0.2) is 24.3 Å². The molecule has 41 heavy (non-hydrogen) atoms. The van der Waals surface area contributed by atoms with Crippen molar-refractivity contribution in [2.75, 3.05) is 19.3 Å². The van der Waals surface area contributed by atoms with Crippen LogP contribution in [0.5, 0.6) is 0 Å². The molecule has 3 aliphatic rings. The zero-order valence-electron chi connectivity index (χ0n) is 23.8. The van der Waals surface area contributed by atoms with E-state index in [1.807, 2.05) is 38.1 Å². The predicted octanol–water partition coefficient (Wildman–Crippen LogP) is 1.55. The minimum absolute atomic E-state index is 0.0762. The third-order valence-electron chi connectivity index (χ3n) is 8.85. The highest BCUT2D eigenvalue weighted by Crippen LogP contribution is 2.65. The van der Waals surface area contributed by atoms with Gasteiger partial charge < -0.3 is 15.5 Å². The molecule has 3 fully saturated rings. The van der Waals surface area contributed by atoms with Gasteiger partial charge in [0.25, 0.3) is 0 Å². The van der Waals surface area contributed by atoms with Gasteiger partial charge in [-0.05, 0) is 48.1 Å². The van der Waals surface area contributed by atoms with Crippen LogP contribution in [-0.4, -0.2) is 79.3 Å². The van der Waals surface area contributed by atoms with Gasteiger partial charge in [-0.25, -0.2) is 18.1 Å². The average molecular weight is 604 g/mol. The van der Waals surface area contributed by atoms with Gasteiger partial charge in [-0.15, -0.1) is 11.3 Å². The number of fused-ring (bicyclic) bond motifs is 2. The number of nitrogens with zero attached hydrogens (tertiary/aromatic N) is 2. The van der Waals surface area contributed by atoms with Crippen molar-refractivity contribution in [1.29, 1.82) is 0 Å². The summed E-state index contributed by atoms with van der Waals surface area (Å²) in [6.45, 7) is 8.42. The molecule has 6 atom stereocenters. The van der Waals surface area contributed by atoms with Crippen LogP contribution in [0, 0.1) is 29.1 Å². The molecule has 3 heterocycles. The number of hydrogen-bond donors (Lipinski definition) is 3. The Hall–Kier alpha value is -2.90. The van der Waals surface area contributed by atoms with Crippen molar-refractivity contribution in [3.8, 4) is 0 Å². The number of rotatable bonds is 10. The second kappa shape index (κ2) is 10.7. The van der Waals surface area contributed by atoms with Crippen molar-refractivity contribution in [3.63, 3.8) is 0 Å². The third-order valence-corrected chi connectivity index (χ3v) is 10.6. The number of carbonyl (C=O) groups excluding carboxylic acids is 4. The van der Waals surface area contributed by atoms with Gasteiger partial charge in [0.05, 0.1) is 22.5 Å². The van der Waals surface area contributed by atoms with Crippen LogP contribution in [0.25, 0.3) is 10.2 Å². The molecule has 3 amide bonds. The van der Waals surface area contributed by atoms with Gasteiger partial charge in [-0.2, -0.15) is 0 Å². The molecule has 2 saturated heterocycles. The first-order valence-electron chi connectivity index (χ1n) is 13.9. The summed E-state index contributed by atoms with van der Waals surface area (Å²) in [4.78, 5) is 59.9. The van der Waals surface area contributed by atoms with E-state index in [0.717, 1.165) is 11.0 Å². The highest BCUT2D eigenvalue weighted by molar-refractivity contribution is 7.88. The summed E-state index contributed by atoms with van der Waals surface area (Å²) in [5, 5.41) is 5.94. The van der Waals surface area contributed by atoms with Gasteiger partial charge in [0.2, 0.25) is 33.5 Å². The summed E-state index contributed by atoms with van der Waals surface area (Å²) in [6, 6.07) is 4.48. The van der Waals surface area contributed by atoms with E-state index in [4.69, 9.17) is 0 Å². The summed E-state index contributed by atoms with van der Waals surface area (Å²) in [5.74, 6) is -2.31. The van der Waals surface area contributed by atoms with E-state index in [9.17, 15) is 27.6 Å². The first kappa shape index (κ1) is 29.6. The molecule has 2 aliphatic heterocycles. The number of ketones is 1. The second-order valence-corrected chi connectivity index (χ2v) is 15.2. The van der Waals surface area contributed by atoms with Gasteiger partial charge >= 0.3 is 0 Å². The fourth-order valence-electron chi connectivity index (χ4n) is 6.46. The minimum Gasteiger partial charge on any atom is -0.356 e. The fourth-order valence-corrected chi connectivity index (χ4v) is 8.26. The molecule has 222 valence electrons.